The number of rotatable bonds is 6. The third-order valence-corrected chi connectivity index (χ3v) is 5.18. The van der Waals surface area contributed by atoms with Crippen LogP contribution in [-0.2, 0) is 6.42 Å². The van der Waals surface area contributed by atoms with Crippen LogP contribution in [0.25, 0.3) is 0 Å². The van der Waals surface area contributed by atoms with E-state index < -0.39 is 0 Å². The van der Waals surface area contributed by atoms with Crippen LogP contribution in [0.1, 0.15) is 66.3 Å². The molecule has 1 aliphatic carbocycles. The van der Waals surface area contributed by atoms with E-state index in [0.717, 1.165) is 29.3 Å². The van der Waals surface area contributed by atoms with E-state index in [-0.39, 0.29) is 6.04 Å². The van der Waals surface area contributed by atoms with Crippen LogP contribution in [0.3, 0.4) is 0 Å². The molecule has 3 rings (SSSR count). The molecule has 0 radical (unpaired) electrons. The van der Waals surface area contributed by atoms with Gasteiger partial charge in [-0.2, -0.15) is 0 Å². The molecule has 0 spiro atoms. The summed E-state index contributed by atoms with van der Waals surface area (Å²) in [6, 6.07) is 8.86. The van der Waals surface area contributed by atoms with Gasteiger partial charge in [-0.15, -0.1) is 5.10 Å². The Hall–Kier alpha value is -1.30. The molecule has 112 valence electrons. The molecular formula is C16H22N4S. The number of nitrogens with one attached hydrogen (secondary N) is 1. The smallest absolute Gasteiger partial charge is 0.0837 e. The summed E-state index contributed by atoms with van der Waals surface area (Å²) >= 11 is 1.44. The highest BCUT2D eigenvalue weighted by atomic mass is 32.1. The molecule has 5 heteroatoms. The largest absolute Gasteiger partial charge is 0.271 e. The number of hydrogen-bond acceptors (Lipinski definition) is 5. The zero-order valence-electron chi connectivity index (χ0n) is 12.4. The summed E-state index contributed by atoms with van der Waals surface area (Å²) in [6.45, 7) is 2.15. The maximum Gasteiger partial charge on any atom is 0.0837 e. The second kappa shape index (κ2) is 6.64. The molecule has 21 heavy (non-hydrogen) atoms. The van der Waals surface area contributed by atoms with Gasteiger partial charge in [0.1, 0.15) is 0 Å². The second-order valence-corrected chi connectivity index (χ2v) is 6.51. The molecule has 0 saturated heterocycles. The Labute approximate surface area is 129 Å². The monoisotopic (exact) mass is 302 g/mol. The number of benzene rings is 1. The first-order chi connectivity index (χ1) is 10.3. The molecule has 0 bridgehead atoms. The lowest BCUT2D eigenvalue weighted by molar-refractivity contribution is 0.419. The van der Waals surface area contributed by atoms with Gasteiger partial charge in [0.2, 0.25) is 0 Å². The fraction of sp³-hybridized carbons (Fsp3) is 0.500. The van der Waals surface area contributed by atoms with Crippen molar-refractivity contribution < 1.29 is 0 Å². The van der Waals surface area contributed by atoms with Gasteiger partial charge in [-0.05, 0) is 47.8 Å². The first kappa shape index (κ1) is 14.6. The quantitative estimate of drug-likeness (QED) is 0.635. The fourth-order valence-electron chi connectivity index (χ4n) is 2.87. The average molecular weight is 302 g/mol. The summed E-state index contributed by atoms with van der Waals surface area (Å²) in [7, 11) is 0. The van der Waals surface area contributed by atoms with Gasteiger partial charge < -0.3 is 0 Å². The van der Waals surface area contributed by atoms with Gasteiger partial charge in [0.05, 0.1) is 16.6 Å². The number of hydrazine groups is 1. The lowest BCUT2D eigenvalue weighted by Gasteiger charge is -2.26. The number of aromatic nitrogens is 2. The van der Waals surface area contributed by atoms with Crippen LogP contribution in [0.5, 0.6) is 0 Å². The fourth-order valence-corrected chi connectivity index (χ4v) is 3.66. The maximum absolute atomic E-state index is 5.80. The van der Waals surface area contributed by atoms with E-state index in [1.165, 1.54) is 41.9 Å². The summed E-state index contributed by atoms with van der Waals surface area (Å²) in [4.78, 5) is 1.13. The molecular weight excluding hydrogens is 280 g/mol. The first-order valence-corrected chi connectivity index (χ1v) is 8.48. The van der Waals surface area contributed by atoms with E-state index >= 15 is 0 Å². The van der Waals surface area contributed by atoms with Crippen molar-refractivity contribution in [1.82, 2.24) is 15.0 Å². The molecule has 2 aromatic rings. The van der Waals surface area contributed by atoms with Crippen LogP contribution in [0, 0.1) is 0 Å². The van der Waals surface area contributed by atoms with E-state index in [9.17, 15) is 0 Å². The topological polar surface area (TPSA) is 63.8 Å². The highest BCUT2D eigenvalue weighted by Gasteiger charge is 2.22. The Morgan fingerprint density at radius 2 is 2.10 bits per heavy atom. The number of nitrogens with two attached hydrogens (primary N) is 1. The number of aryl methyl sites for hydroxylation is 1. The van der Waals surface area contributed by atoms with Crippen molar-refractivity contribution in [2.75, 3.05) is 0 Å². The van der Waals surface area contributed by atoms with Crippen molar-refractivity contribution in [2.24, 2.45) is 5.84 Å². The van der Waals surface area contributed by atoms with Gasteiger partial charge in [-0.25, -0.2) is 5.43 Å². The lowest BCUT2D eigenvalue weighted by Crippen LogP contribution is -2.29. The third-order valence-electron chi connectivity index (χ3n) is 4.35. The standard InChI is InChI=1S/C16H22N4S/c1-2-4-14-16(21-20-19-14)15(18-17)13-9-7-12(8-10-13)11-5-3-6-11/h7-11,15,18H,2-6,17H2,1H3. The Kier molecular flexibility index (Phi) is 4.63. The molecule has 1 fully saturated rings. The van der Waals surface area contributed by atoms with Gasteiger partial charge in [0.25, 0.3) is 0 Å². The Morgan fingerprint density at radius 1 is 1.33 bits per heavy atom. The van der Waals surface area contributed by atoms with E-state index in [1.54, 1.807) is 0 Å². The van der Waals surface area contributed by atoms with Gasteiger partial charge in [0.15, 0.2) is 0 Å². The van der Waals surface area contributed by atoms with Crippen molar-refractivity contribution in [3.63, 3.8) is 0 Å². The average Bonchev–Trinajstić information content (AvgIpc) is 2.88. The van der Waals surface area contributed by atoms with Crippen LogP contribution in [0.15, 0.2) is 24.3 Å². The molecule has 3 N–H and O–H groups in total. The second-order valence-electron chi connectivity index (χ2n) is 5.73. The first-order valence-electron chi connectivity index (χ1n) is 7.70. The van der Waals surface area contributed by atoms with E-state index in [0.29, 0.717) is 0 Å². The molecule has 1 aromatic heterocycles. The number of nitrogens with zero attached hydrogens (tertiary/aromatic N) is 2. The SMILES string of the molecule is CCCc1nnsc1C(NN)c1ccc(C2CCC2)cc1. The third kappa shape index (κ3) is 3.00. The summed E-state index contributed by atoms with van der Waals surface area (Å²) in [6.07, 6.45) is 6.04. The normalized spacial score (nSPS) is 16.7. The zero-order chi connectivity index (χ0) is 14.7. The Balaban J connectivity index is 1.83. The molecule has 0 aliphatic heterocycles. The Bertz CT molecular complexity index is 574. The van der Waals surface area contributed by atoms with Crippen molar-refractivity contribution in [1.29, 1.82) is 0 Å². The summed E-state index contributed by atoms with van der Waals surface area (Å²) in [5.74, 6) is 6.57. The van der Waals surface area contributed by atoms with Crippen molar-refractivity contribution in [2.45, 2.75) is 51.0 Å². The van der Waals surface area contributed by atoms with Crippen molar-refractivity contribution >= 4 is 11.5 Å². The van der Waals surface area contributed by atoms with Crippen LogP contribution in [0.4, 0.5) is 0 Å². The summed E-state index contributed by atoms with van der Waals surface area (Å²) in [5.41, 5.74) is 6.63. The van der Waals surface area contributed by atoms with Gasteiger partial charge >= 0.3 is 0 Å². The highest BCUT2D eigenvalue weighted by molar-refractivity contribution is 7.05. The molecule has 4 nitrogen and oxygen atoms in total. The van der Waals surface area contributed by atoms with E-state index in [4.69, 9.17) is 5.84 Å². The van der Waals surface area contributed by atoms with E-state index in [1.807, 2.05) is 0 Å². The molecule has 1 saturated carbocycles. The molecule has 1 aliphatic rings. The Morgan fingerprint density at radius 3 is 2.67 bits per heavy atom. The van der Waals surface area contributed by atoms with Crippen LogP contribution in [-0.4, -0.2) is 9.59 Å². The van der Waals surface area contributed by atoms with Crippen molar-refractivity contribution in [3.8, 4) is 0 Å². The predicted octanol–water partition coefficient (Wildman–Crippen LogP) is 3.31. The molecule has 1 heterocycles. The maximum atomic E-state index is 5.80. The van der Waals surface area contributed by atoms with Crippen LogP contribution in [0.2, 0.25) is 0 Å². The molecule has 1 atom stereocenters. The minimum Gasteiger partial charge on any atom is -0.271 e. The molecule has 1 aromatic carbocycles. The van der Waals surface area contributed by atoms with Crippen molar-refractivity contribution in [3.05, 3.63) is 46.0 Å². The predicted molar refractivity (Wildman–Crippen MR) is 86.1 cm³/mol. The van der Waals surface area contributed by atoms with Gasteiger partial charge in [0, 0.05) is 0 Å². The molecule has 0 amide bonds. The highest BCUT2D eigenvalue weighted by Crippen LogP contribution is 2.37. The minimum atomic E-state index is -0.0120. The van der Waals surface area contributed by atoms with Gasteiger partial charge in [-0.3, -0.25) is 5.84 Å². The summed E-state index contributed by atoms with van der Waals surface area (Å²) in [5, 5.41) is 4.24. The van der Waals surface area contributed by atoms with E-state index in [2.05, 4.69) is 46.2 Å². The van der Waals surface area contributed by atoms with Crippen LogP contribution < -0.4 is 11.3 Å². The lowest BCUT2D eigenvalue weighted by atomic mass is 9.80. The minimum absolute atomic E-state index is 0.0120. The summed E-state index contributed by atoms with van der Waals surface area (Å²) < 4.78 is 4.10. The zero-order valence-corrected chi connectivity index (χ0v) is 13.2. The van der Waals surface area contributed by atoms with Crippen LogP contribution >= 0.6 is 11.5 Å². The van der Waals surface area contributed by atoms with Gasteiger partial charge in [-0.1, -0.05) is 48.5 Å². The number of hydrogen-bond donors (Lipinski definition) is 2. The molecule has 1 unspecified atom stereocenters.